The number of benzene rings is 1. The maximum absolute atomic E-state index is 12.1. The molecule has 0 aliphatic rings. The number of nitrogens with one attached hydrogen (secondary N) is 2. The second-order valence-electron chi connectivity index (χ2n) is 4.47. The number of carbonyl (C=O) groups excluding carboxylic acids is 1. The summed E-state index contributed by atoms with van der Waals surface area (Å²) in [6.07, 6.45) is 0. The molecular formula is C13H18ClN3O4. The van der Waals surface area contributed by atoms with Gasteiger partial charge in [-0.2, -0.15) is 0 Å². The molecule has 1 atom stereocenters. The van der Waals surface area contributed by atoms with Gasteiger partial charge in [-0.25, -0.2) is 0 Å². The van der Waals surface area contributed by atoms with Crippen molar-refractivity contribution in [1.29, 1.82) is 0 Å². The third kappa shape index (κ3) is 4.57. The first-order valence-electron chi connectivity index (χ1n) is 6.42. The summed E-state index contributed by atoms with van der Waals surface area (Å²) in [6, 6.07) is 2.40. The van der Waals surface area contributed by atoms with Crippen molar-refractivity contribution in [2.75, 3.05) is 25.6 Å². The first-order chi connectivity index (χ1) is 9.90. The Kier molecular flexibility index (Phi) is 6.39. The Morgan fingerprint density at radius 3 is 2.71 bits per heavy atom. The summed E-state index contributed by atoms with van der Waals surface area (Å²) in [5.41, 5.74) is 0.121. The standard InChI is InChI=1S/C13H18ClN3O4/c1-4-15-12-10(14)5-9(6-11(12)17(19)20)13(18)16-8(2)7-21-3/h5-6,8,15H,4,7H2,1-3H3,(H,16,18). The van der Waals surface area contributed by atoms with E-state index in [0.29, 0.717) is 13.2 Å². The molecule has 1 unspecified atom stereocenters. The first-order valence-corrected chi connectivity index (χ1v) is 6.80. The molecule has 0 heterocycles. The molecule has 0 spiro atoms. The Balaban J connectivity index is 3.09. The van der Waals surface area contributed by atoms with Gasteiger partial charge in [0.25, 0.3) is 11.6 Å². The van der Waals surface area contributed by atoms with Crippen LogP contribution < -0.4 is 10.6 Å². The van der Waals surface area contributed by atoms with Crippen molar-refractivity contribution >= 4 is 28.9 Å². The Morgan fingerprint density at radius 1 is 1.52 bits per heavy atom. The maximum Gasteiger partial charge on any atom is 0.294 e. The molecule has 8 heteroatoms. The predicted octanol–water partition coefficient (Wildman–Crippen LogP) is 2.44. The molecule has 1 aromatic rings. The van der Waals surface area contributed by atoms with Gasteiger partial charge in [0.1, 0.15) is 5.69 Å². The average Bonchev–Trinajstić information content (AvgIpc) is 2.40. The van der Waals surface area contributed by atoms with Crippen molar-refractivity contribution in [3.05, 3.63) is 32.8 Å². The molecule has 0 aliphatic heterocycles. The number of halogens is 1. The van der Waals surface area contributed by atoms with Gasteiger partial charge in [-0.15, -0.1) is 0 Å². The number of anilines is 1. The maximum atomic E-state index is 12.1. The lowest BCUT2D eigenvalue weighted by Crippen LogP contribution is -2.35. The second kappa shape index (κ2) is 7.80. The predicted molar refractivity (Wildman–Crippen MR) is 81.1 cm³/mol. The van der Waals surface area contributed by atoms with Gasteiger partial charge in [0.15, 0.2) is 0 Å². The lowest BCUT2D eigenvalue weighted by molar-refractivity contribution is -0.384. The molecule has 7 nitrogen and oxygen atoms in total. The highest BCUT2D eigenvalue weighted by Gasteiger charge is 2.21. The topological polar surface area (TPSA) is 93.5 Å². The lowest BCUT2D eigenvalue weighted by atomic mass is 10.1. The fourth-order valence-electron chi connectivity index (χ4n) is 1.82. The number of nitro groups is 1. The normalized spacial score (nSPS) is 11.8. The van der Waals surface area contributed by atoms with E-state index < -0.39 is 10.8 Å². The number of ether oxygens (including phenoxy) is 1. The van der Waals surface area contributed by atoms with Crippen LogP contribution in [0.4, 0.5) is 11.4 Å². The van der Waals surface area contributed by atoms with Gasteiger partial charge >= 0.3 is 0 Å². The van der Waals surface area contributed by atoms with Crippen molar-refractivity contribution in [3.8, 4) is 0 Å². The first kappa shape index (κ1) is 17.2. The molecule has 1 rings (SSSR count). The van der Waals surface area contributed by atoms with Crippen LogP contribution in [-0.4, -0.2) is 37.1 Å². The van der Waals surface area contributed by atoms with E-state index in [4.69, 9.17) is 16.3 Å². The van der Waals surface area contributed by atoms with E-state index in [-0.39, 0.29) is 28.0 Å². The van der Waals surface area contributed by atoms with E-state index in [9.17, 15) is 14.9 Å². The molecule has 0 bridgehead atoms. The summed E-state index contributed by atoms with van der Waals surface area (Å²) in [5.74, 6) is -0.437. The molecule has 0 saturated carbocycles. The van der Waals surface area contributed by atoms with Gasteiger partial charge in [-0.1, -0.05) is 11.6 Å². The Labute approximate surface area is 127 Å². The zero-order valence-corrected chi connectivity index (χ0v) is 12.9. The zero-order valence-electron chi connectivity index (χ0n) is 12.1. The highest BCUT2D eigenvalue weighted by molar-refractivity contribution is 6.34. The van der Waals surface area contributed by atoms with Crippen molar-refractivity contribution in [3.63, 3.8) is 0 Å². The SMILES string of the molecule is CCNc1c(Cl)cc(C(=O)NC(C)COC)cc1[N+](=O)[O-]. The molecule has 1 aromatic carbocycles. The number of amides is 1. The summed E-state index contributed by atoms with van der Waals surface area (Å²) in [5, 5.41) is 16.7. The van der Waals surface area contributed by atoms with Crippen LogP contribution in [-0.2, 0) is 4.74 Å². The average molecular weight is 316 g/mol. The number of nitrogens with zero attached hydrogens (tertiary/aromatic N) is 1. The highest BCUT2D eigenvalue weighted by atomic mass is 35.5. The number of nitro benzene ring substituents is 1. The summed E-state index contributed by atoms with van der Waals surface area (Å²) in [7, 11) is 1.52. The van der Waals surface area contributed by atoms with E-state index in [1.165, 1.54) is 19.2 Å². The molecule has 0 radical (unpaired) electrons. The van der Waals surface area contributed by atoms with Crippen LogP contribution >= 0.6 is 11.6 Å². The highest BCUT2D eigenvalue weighted by Crippen LogP contribution is 2.33. The molecule has 1 amide bonds. The minimum Gasteiger partial charge on any atom is -0.383 e. The van der Waals surface area contributed by atoms with Crippen molar-refractivity contribution in [2.24, 2.45) is 0 Å². The van der Waals surface area contributed by atoms with Crippen LogP contribution in [0.2, 0.25) is 5.02 Å². The monoisotopic (exact) mass is 315 g/mol. The van der Waals surface area contributed by atoms with E-state index in [1.54, 1.807) is 13.8 Å². The van der Waals surface area contributed by atoms with E-state index in [2.05, 4.69) is 10.6 Å². The quantitative estimate of drug-likeness (QED) is 0.595. The summed E-state index contributed by atoms with van der Waals surface area (Å²) >= 11 is 6.03. The van der Waals surface area contributed by atoms with Gasteiger partial charge in [0.2, 0.25) is 0 Å². The molecule has 0 saturated heterocycles. The minimum atomic E-state index is -0.570. The van der Waals surface area contributed by atoms with Gasteiger partial charge in [-0.05, 0) is 19.9 Å². The molecule has 116 valence electrons. The number of methoxy groups -OCH3 is 1. The largest absolute Gasteiger partial charge is 0.383 e. The van der Waals surface area contributed by atoms with Crippen molar-refractivity contribution in [1.82, 2.24) is 5.32 Å². The van der Waals surface area contributed by atoms with Crippen LogP contribution in [0, 0.1) is 10.1 Å². The van der Waals surface area contributed by atoms with Crippen LogP contribution in [0.15, 0.2) is 12.1 Å². The van der Waals surface area contributed by atoms with Gasteiger partial charge in [0.05, 0.1) is 16.6 Å². The Morgan fingerprint density at radius 2 is 2.19 bits per heavy atom. The fourth-order valence-corrected chi connectivity index (χ4v) is 2.10. The smallest absolute Gasteiger partial charge is 0.294 e. The van der Waals surface area contributed by atoms with Gasteiger partial charge < -0.3 is 15.4 Å². The number of carbonyl (C=O) groups is 1. The lowest BCUT2D eigenvalue weighted by Gasteiger charge is -2.14. The van der Waals surface area contributed by atoms with Gasteiger partial charge in [-0.3, -0.25) is 14.9 Å². The van der Waals surface area contributed by atoms with E-state index >= 15 is 0 Å². The van der Waals surface area contributed by atoms with Crippen molar-refractivity contribution < 1.29 is 14.5 Å². The molecule has 0 fully saturated rings. The van der Waals surface area contributed by atoms with Crippen LogP contribution in [0.3, 0.4) is 0 Å². The zero-order chi connectivity index (χ0) is 16.0. The number of hydrogen-bond donors (Lipinski definition) is 2. The molecule has 0 aromatic heterocycles. The van der Waals surface area contributed by atoms with Crippen LogP contribution in [0.1, 0.15) is 24.2 Å². The number of hydrogen-bond acceptors (Lipinski definition) is 5. The minimum absolute atomic E-state index is 0.135. The Hall–Kier alpha value is -1.86. The van der Waals surface area contributed by atoms with Crippen LogP contribution in [0.25, 0.3) is 0 Å². The second-order valence-corrected chi connectivity index (χ2v) is 4.88. The van der Waals surface area contributed by atoms with Crippen molar-refractivity contribution in [2.45, 2.75) is 19.9 Å². The molecule has 2 N–H and O–H groups in total. The molecule has 0 aliphatic carbocycles. The summed E-state index contributed by atoms with van der Waals surface area (Å²) in [6.45, 7) is 4.39. The fraction of sp³-hybridized carbons (Fsp3) is 0.462. The molecule has 21 heavy (non-hydrogen) atoms. The van der Waals surface area contributed by atoms with Crippen LogP contribution in [0.5, 0.6) is 0 Å². The third-order valence-corrected chi connectivity index (χ3v) is 2.97. The summed E-state index contributed by atoms with van der Waals surface area (Å²) in [4.78, 5) is 22.6. The third-order valence-electron chi connectivity index (χ3n) is 2.68. The molecular weight excluding hydrogens is 298 g/mol. The van der Waals surface area contributed by atoms with Gasteiger partial charge in [0, 0.05) is 31.3 Å². The Bertz CT molecular complexity index is 536. The van der Waals surface area contributed by atoms with E-state index in [0.717, 1.165) is 0 Å². The summed E-state index contributed by atoms with van der Waals surface area (Å²) < 4.78 is 4.92. The number of rotatable bonds is 7. The van der Waals surface area contributed by atoms with E-state index in [1.807, 2.05) is 0 Å².